The molecule has 0 saturated heterocycles. The lowest BCUT2D eigenvalue weighted by molar-refractivity contribution is 0.0421. The molecule has 3 heterocycles. The Morgan fingerprint density at radius 1 is 0.750 bits per heavy atom. The van der Waals surface area contributed by atoms with Gasteiger partial charge in [-0.1, -0.05) is 140 Å². The Hall–Kier alpha value is -7.22. The van der Waals surface area contributed by atoms with Crippen LogP contribution < -0.4 is 5.82 Å². The van der Waals surface area contributed by atoms with E-state index in [9.17, 15) is 14.7 Å². The molecule has 13 nitrogen and oxygen atoms in total. The summed E-state index contributed by atoms with van der Waals surface area (Å²) in [6.07, 6.45) is 0. The van der Waals surface area contributed by atoms with E-state index < -0.39 is 22.9 Å². The molecule has 0 saturated carbocycles. The summed E-state index contributed by atoms with van der Waals surface area (Å²) in [5.74, 6) is -0.207. The van der Waals surface area contributed by atoms with Crippen molar-refractivity contribution in [1.29, 1.82) is 0 Å². The molecule has 3 aromatic heterocycles. The second-order valence-electron chi connectivity index (χ2n) is 14.8. The Morgan fingerprint density at radius 3 is 1.85 bits per heavy atom. The number of nitrogens with zero attached hydrogens (tertiary/aromatic N) is 6. The van der Waals surface area contributed by atoms with Gasteiger partial charge in [-0.05, 0) is 64.6 Å². The van der Waals surface area contributed by atoms with Crippen molar-refractivity contribution in [2.45, 2.75) is 51.7 Å². The van der Waals surface area contributed by atoms with Gasteiger partial charge >= 0.3 is 11.8 Å². The summed E-state index contributed by atoms with van der Waals surface area (Å²) >= 11 is 0. The molecule has 0 aliphatic heterocycles. The van der Waals surface area contributed by atoms with Crippen LogP contribution in [0.25, 0.3) is 22.5 Å². The predicted octanol–water partition coefficient (Wildman–Crippen LogP) is 7.68. The first-order valence-electron chi connectivity index (χ1n) is 19.3. The zero-order chi connectivity index (χ0) is 41.9. The fourth-order valence-corrected chi connectivity index (χ4v) is 7.75. The molecule has 13 heteroatoms. The average Bonchev–Trinajstić information content (AvgIpc) is 3.99. The van der Waals surface area contributed by atoms with Crippen LogP contribution in [-0.2, 0) is 40.4 Å². The number of aryl methyl sites for hydroxylation is 1. The molecule has 0 unspecified atom stereocenters. The Bertz CT molecular complexity index is 2690. The largest absolute Gasteiger partial charge is 0.519 e. The minimum atomic E-state index is -1.54. The third kappa shape index (κ3) is 7.47. The van der Waals surface area contributed by atoms with Crippen molar-refractivity contribution < 1.29 is 28.2 Å². The molecule has 8 rings (SSSR count). The molecule has 0 atom stereocenters. The van der Waals surface area contributed by atoms with Gasteiger partial charge in [-0.2, -0.15) is 0 Å². The van der Waals surface area contributed by atoms with Crippen LogP contribution in [0.3, 0.4) is 0 Å². The summed E-state index contributed by atoms with van der Waals surface area (Å²) < 4.78 is 24.9. The van der Waals surface area contributed by atoms with Crippen LogP contribution in [0.15, 0.2) is 153 Å². The van der Waals surface area contributed by atoms with Crippen molar-refractivity contribution in [3.05, 3.63) is 201 Å². The van der Waals surface area contributed by atoms with Crippen molar-refractivity contribution in [2.75, 3.05) is 7.11 Å². The lowest BCUT2D eigenvalue weighted by atomic mass is 9.77. The van der Waals surface area contributed by atoms with Crippen molar-refractivity contribution >= 4 is 5.97 Å². The van der Waals surface area contributed by atoms with Crippen LogP contribution >= 0.6 is 0 Å². The fraction of sp³-hybridized carbons (Fsp3) is 0.191. The molecule has 0 spiro atoms. The summed E-state index contributed by atoms with van der Waals surface area (Å²) in [6.45, 7) is 4.57. The molecule has 0 aliphatic carbocycles. The zero-order valence-electron chi connectivity index (χ0n) is 33.5. The maximum Gasteiger partial charge on any atom is 0.519 e. The lowest BCUT2D eigenvalue weighted by Crippen LogP contribution is -2.39. The predicted molar refractivity (Wildman–Crippen MR) is 222 cm³/mol. The first-order valence-corrected chi connectivity index (χ1v) is 19.3. The van der Waals surface area contributed by atoms with Crippen molar-refractivity contribution in [3.8, 4) is 22.5 Å². The number of ether oxygens (including phenoxy) is 2. The Labute approximate surface area is 345 Å². The number of imidazole rings is 1. The van der Waals surface area contributed by atoms with E-state index in [0.29, 0.717) is 11.6 Å². The standard InChI is InChI=1S/C47H42N6O7/c1-31-39(60-45(55)59-31)28-52-40(30-57-4)48-41(42(52)46(2,3)56)44(54)58-29-32-24-26-33(27-25-32)37-22-14-15-23-38(37)43-49-50-51-53(43)47(34-16-8-5-9-17-34,35-18-10-6-11-19-35)36-20-12-7-13-21-36/h5-27,56H,28-30H2,1-4H3. The number of aliphatic hydroxyl groups is 1. The molecule has 0 aliphatic rings. The Morgan fingerprint density at radius 2 is 1.32 bits per heavy atom. The van der Waals surface area contributed by atoms with Crippen LogP contribution in [0.4, 0.5) is 0 Å². The minimum Gasteiger partial charge on any atom is -0.456 e. The lowest BCUT2D eigenvalue weighted by Gasteiger charge is -2.36. The third-order valence-electron chi connectivity index (χ3n) is 10.4. The second kappa shape index (κ2) is 16.6. The number of benzene rings is 5. The highest BCUT2D eigenvalue weighted by Gasteiger charge is 2.42. The summed E-state index contributed by atoms with van der Waals surface area (Å²) in [4.78, 5) is 30.0. The average molecular weight is 803 g/mol. The maximum absolute atomic E-state index is 13.7. The molecule has 5 aromatic carbocycles. The normalized spacial score (nSPS) is 11.8. The number of rotatable bonds is 14. The third-order valence-corrected chi connectivity index (χ3v) is 10.4. The zero-order valence-corrected chi connectivity index (χ0v) is 33.5. The molecular formula is C47H42N6O7. The summed E-state index contributed by atoms with van der Waals surface area (Å²) in [7, 11) is 1.49. The SMILES string of the molecule is COCc1nc(C(=O)OCc2ccc(-c3ccccc3-c3nnnn3C(c3ccccc3)(c3ccccc3)c3ccccc3)cc2)c(C(C)(C)O)n1Cc1oc(=O)oc1C. The van der Waals surface area contributed by atoms with Gasteiger partial charge in [0.2, 0.25) is 0 Å². The number of esters is 1. The molecule has 0 bridgehead atoms. The van der Waals surface area contributed by atoms with E-state index in [1.165, 1.54) is 21.0 Å². The fourth-order valence-electron chi connectivity index (χ4n) is 7.75. The number of carbonyl (C=O) groups is 1. The van der Waals surface area contributed by atoms with Crippen LogP contribution in [0.1, 0.15) is 69.6 Å². The minimum absolute atomic E-state index is 0.0124. The van der Waals surface area contributed by atoms with E-state index in [1.807, 2.05) is 108 Å². The van der Waals surface area contributed by atoms with Crippen molar-refractivity contribution in [2.24, 2.45) is 0 Å². The monoisotopic (exact) mass is 802 g/mol. The molecule has 0 radical (unpaired) electrons. The highest BCUT2D eigenvalue weighted by Crippen LogP contribution is 2.43. The molecule has 1 N–H and O–H groups in total. The van der Waals surface area contributed by atoms with Gasteiger partial charge in [0, 0.05) is 12.7 Å². The number of carbonyl (C=O) groups excluding carboxylic acids is 1. The number of hydrogen-bond acceptors (Lipinski definition) is 11. The quantitative estimate of drug-likeness (QED) is 0.0849. The Kier molecular flexibility index (Phi) is 10.9. The van der Waals surface area contributed by atoms with Crippen molar-refractivity contribution in [3.63, 3.8) is 0 Å². The van der Waals surface area contributed by atoms with Crippen LogP contribution in [-0.4, -0.2) is 47.9 Å². The summed E-state index contributed by atoms with van der Waals surface area (Å²) in [6, 6.07) is 46.4. The van der Waals surface area contributed by atoms with E-state index in [-0.39, 0.29) is 42.7 Å². The highest BCUT2D eigenvalue weighted by atomic mass is 16.6. The Balaban J connectivity index is 1.11. The van der Waals surface area contributed by atoms with E-state index in [0.717, 1.165) is 38.9 Å². The van der Waals surface area contributed by atoms with Gasteiger partial charge in [0.1, 0.15) is 35.9 Å². The molecular weight excluding hydrogens is 761 g/mol. The van der Waals surface area contributed by atoms with E-state index in [4.69, 9.17) is 23.5 Å². The van der Waals surface area contributed by atoms with Gasteiger partial charge in [0.25, 0.3) is 0 Å². The summed E-state index contributed by atoms with van der Waals surface area (Å²) in [5.41, 5.74) is 3.93. The van der Waals surface area contributed by atoms with Crippen LogP contribution in [0.5, 0.6) is 0 Å². The van der Waals surface area contributed by atoms with Gasteiger partial charge in [0.15, 0.2) is 17.3 Å². The topological polar surface area (TPSA) is 161 Å². The van der Waals surface area contributed by atoms with E-state index >= 15 is 0 Å². The van der Waals surface area contributed by atoms with Gasteiger partial charge in [-0.3, -0.25) is 0 Å². The van der Waals surface area contributed by atoms with E-state index in [1.54, 1.807) is 11.5 Å². The molecule has 302 valence electrons. The molecule has 0 fully saturated rings. The first-order chi connectivity index (χ1) is 29.1. The number of methoxy groups -OCH3 is 1. The van der Waals surface area contributed by atoms with Gasteiger partial charge in [-0.15, -0.1) is 5.10 Å². The number of hydrogen-bond donors (Lipinski definition) is 1. The molecule has 0 amide bonds. The van der Waals surface area contributed by atoms with Gasteiger partial charge in [-0.25, -0.2) is 19.3 Å². The molecule has 60 heavy (non-hydrogen) atoms. The number of tetrazole rings is 1. The first kappa shape index (κ1) is 39.6. The highest BCUT2D eigenvalue weighted by molar-refractivity contribution is 5.89. The van der Waals surface area contributed by atoms with Gasteiger partial charge in [0.05, 0.1) is 12.2 Å². The molecule has 8 aromatic rings. The number of aromatic nitrogens is 6. The van der Waals surface area contributed by atoms with Crippen LogP contribution in [0, 0.1) is 6.92 Å². The summed E-state index contributed by atoms with van der Waals surface area (Å²) in [5, 5.41) is 24.9. The van der Waals surface area contributed by atoms with E-state index in [2.05, 4.69) is 51.7 Å². The van der Waals surface area contributed by atoms with Crippen LogP contribution in [0.2, 0.25) is 0 Å². The second-order valence-corrected chi connectivity index (χ2v) is 14.8. The maximum atomic E-state index is 13.7. The van der Waals surface area contributed by atoms with Crippen molar-refractivity contribution in [1.82, 2.24) is 29.8 Å². The smallest absolute Gasteiger partial charge is 0.456 e. The van der Waals surface area contributed by atoms with Gasteiger partial charge < -0.3 is 28.0 Å².